The fraction of sp³-hybridized carbons (Fsp3) is 0.190. The second-order valence-corrected chi connectivity index (χ2v) is 9.15. The average molecular weight is 409 g/mol. The molecule has 1 aliphatic heterocycles. The maximum Gasteiger partial charge on any atom is 0.417 e. The van der Waals surface area contributed by atoms with Crippen molar-refractivity contribution in [1.29, 1.82) is 0 Å². The Balaban J connectivity index is 1.45. The predicted octanol–water partition coefficient (Wildman–Crippen LogP) is 3.39. The molecule has 1 aliphatic rings. The highest BCUT2D eigenvalue weighted by Crippen LogP contribution is 2.32. The highest BCUT2D eigenvalue weighted by atomic mass is 32.2. The van der Waals surface area contributed by atoms with E-state index < -0.39 is 15.8 Å². The van der Waals surface area contributed by atoms with Gasteiger partial charge in [0, 0.05) is 41.8 Å². The molecule has 7 nitrogen and oxygen atoms in total. The van der Waals surface area contributed by atoms with Crippen LogP contribution in [-0.4, -0.2) is 35.8 Å². The summed E-state index contributed by atoms with van der Waals surface area (Å²) in [5, 5.41) is 1.15. The van der Waals surface area contributed by atoms with Crippen molar-refractivity contribution < 1.29 is 12.8 Å². The van der Waals surface area contributed by atoms with Gasteiger partial charge in [-0.25, -0.2) is 13.2 Å². The molecule has 0 unspecified atom stereocenters. The molecule has 0 aliphatic carbocycles. The maximum absolute atomic E-state index is 13.0. The van der Waals surface area contributed by atoms with Gasteiger partial charge in [-0.2, -0.15) is 4.31 Å². The van der Waals surface area contributed by atoms with E-state index >= 15 is 0 Å². The Hall–Kier alpha value is -3.10. The number of hydrogen-bond donors (Lipinski definition) is 2. The molecular weight excluding hydrogens is 390 g/mol. The molecule has 2 aromatic heterocycles. The molecular formula is C21H19N3O4S. The van der Waals surface area contributed by atoms with E-state index in [1.165, 1.54) is 22.0 Å². The number of aryl methyl sites for hydroxylation is 1. The number of para-hydroxylation sites is 1. The minimum atomic E-state index is -3.68. The Morgan fingerprint density at radius 1 is 1.17 bits per heavy atom. The molecule has 8 heteroatoms. The molecule has 0 fully saturated rings. The Kier molecular flexibility index (Phi) is 4.01. The van der Waals surface area contributed by atoms with Gasteiger partial charge in [0.05, 0.1) is 10.4 Å². The largest absolute Gasteiger partial charge is 0.417 e. The van der Waals surface area contributed by atoms with Gasteiger partial charge in [0.1, 0.15) is 0 Å². The number of rotatable bonds is 3. The van der Waals surface area contributed by atoms with Crippen LogP contribution in [-0.2, 0) is 10.0 Å². The summed E-state index contributed by atoms with van der Waals surface area (Å²) < 4.78 is 32.5. The third kappa shape index (κ3) is 2.92. The van der Waals surface area contributed by atoms with Crippen LogP contribution in [0.25, 0.3) is 27.6 Å². The van der Waals surface area contributed by atoms with Crippen molar-refractivity contribution in [1.82, 2.24) is 14.3 Å². The molecule has 2 N–H and O–H groups in total. The summed E-state index contributed by atoms with van der Waals surface area (Å²) in [5.74, 6) is -0.603. The summed E-state index contributed by atoms with van der Waals surface area (Å²) in [6, 6.07) is 10.6. The highest BCUT2D eigenvalue weighted by molar-refractivity contribution is 7.89. The van der Waals surface area contributed by atoms with Crippen molar-refractivity contribution in [2.24, 2.45) is 0 Å². The number of nitrogens with one attached hydrogen (secondary N) is 2. The van der Waals surface area contributed by atoms with Gasteiger partial charge in [-0.3, -0.25) is 4.98 Å². The molecule has 0 bridgehead atoms. The van der Waals surface area contributed by atoms with Crippen LogP contribution >= 0.6 is 0 Å². The smallest absolute Gasteiger partial charge is 0.408 e. The summed E-state index contributed by atoms with van der Waals surface area (Å²) in [7, 11) is -3.68. The van der Waals surface area contributed by atoms with E-state index in [2.05, 4.69) is 29.0 Å². The van der Waals surface area contributed by atoms with Crippen molar-refractivity contribution in [3.8, 4) is 0 Å². The Morgan fingerprint density at radius 2 is 2.03 bits per heavy atom. The molecule has 29 heavy (non-hydrogen) atoms. The summed E-state index contributed by atoms with van der Waals surface area (Å²) in [5.41, 5.74) is 5.26. The molecule has 0 radical (unpaired) electrons. The van der Waals surface area contributed by atoms with Crippen molar-refractivity contribution in [3.05, 3.63) is 70.3 Å². The quantitative estimate of drug-likeness (QED) is 0.542. The summed E-state index contributed by atoms with van der Waals surface area (Å²) in [6.45, 7) is 2.75. The molecule has 0 spiro atoms. The van der Waals surface area contributed by atoms with Crippen LogP contribution in [0.5, 0.6) is 0 Å². The Bertz CT molecular complexity index is 1440. The zero-order valence-electron chi connectivity index (χ0n) is 15.7. The number of aromatic nitrogens is 2. The molecule has 0 amide bonds. The average Bonchev–Trinajstić information content (AvgIpc) is 3.31. The Labute approximate surface area is 166 Å². The monoisotopic (exact) mass is 409 g/mol. The van der Waals surface area contributed by atoms with Gasteiger partial charge in [-0.15, -0.1) is 0 Å². The normalized spacial score (nSPS) is 15.8. The van der Waals surface area contributed by atoms with Crippen molar-refractivity contribution in [2.45, 2.75) is 18.2 Å². The Morgan fingerprint density at radius 3 is 2.83 bits per heavy atom. The van der Waals surface area contributed by atoms with Crippen LogP contribution in [0, 0.1) is 6.92 Å². The predicted molar refractivity (Wildman–Crippen MR) is 111 cm³/mol. The lowest BCUT2D eigenvalue weighted by Gasteiger charge is -2.25. The van der Waals surface area contributed by atoms with Crippen molar-refractivity contribution >= 4 is 37.6 Å². The minimum absolute atomic E-state index is 0.118. The first-order valence-corrected chi connectivity index (χ1v) is 10.8. The SMILES string of the molecule is Cc1cccc2c(C3=CCN(S(=O)(=O)c4ccc5[nH]c(=O)oc5c4)CC3)c[nH]c12. The lowest BCUT2D eigenvalue weighted by atomic mass is 9.99. The summed E-state index contributed by atoms with van der Waals surface area (Å²) >= 11 is 0. The van der Waals surface area contributed by atoms with E-state index in [0.717, 1.165) is 22.0 Å². The fourth-order valence-corrected chi connectivity index (χ4v) is 5.32. The molecule has 4 aromatic rings. The van der Waals surface area contributed by atoms with Gasteiger partial charge >= 0.3 is 5.76 Å². The third-order valence-corrected chi connectivity index (χ3v) is 7.33. The van der Waals surface area contributed by atoms with E-state index in [9.17, 15) is 13.2 Å². The van der Waals surface area contributed by atoms with Crippen molar-refractivity contribution in [2.75, 3.05) is 13.1 Å². The van der Waals surface area contributed by atoms with Gasteiger partial charge in [0.15, 0.2) is 5.58 Å². The highest BCUT2D eigenvalue weighted by Gasteiger charge is 2.27. The van der Waals surface area contributed by atoms with Gasteiger partial charge in [-0.05, 0) is 36.6 Å². The minimum Gasteiger partial charge on any atom is -0.408 e. The third-order valence-electron chi connectivity index (χ3n) is 5.47. The zero-order valence-corrected chi connectivity index (χ0v) is 16.5. The second kappa shape index (κ2) is 6.47. The van der Waals surface area contributed by atoms with Gasteiger partial charge in [0.2, 0.25) is 10.0 Å². The number of fused-ring (bicyclic) bond motifs is 2. The molecule has 0 saturated carbocycles. The lowest BCUT2D eigenvalue weighted by molar-refractivity contribution is 0.441. The number of nitrogens with zero attached hydrogens (tertiary/aromatic N) is 1. The van der Waals surface area contributed by atoms with E-state index in [0.29, 0.717) is 25.0 Å². The number of hydrogen-bond acceptors (Lipinski definition) is 4. The first-order valence-electron chi connectivity index (χ1n) is 9.32. The van der Waals surface area contributed by atoms with Crippen LogP contribution in [0.4, 0.5) is 0 Å². The number of H-pyrrole nitrogens is 2. The van der Waals surface area contributed by atoms with Gasteiger partial charge in [0.25, 0.3) is 0 Å². The van der Waals surface area contributed by atoms with Gasteiger partial charge in [-0.1, -0.05) is 24.3 Å². The maximum atomic E-state index is 13.0. The molecule has 2 aromatic carbocycles. The topological polar surface area (TPSA) is 99.2 Å². The lowest BCUT2D eigenvalue weighted by Crippen LogP contribution is -2.34. The molecule has 0 atom stereocenters. The van der Waals surface area contributed by atoms with Crippen LogP contribution in [0.3, 0.4) is 0 Å². The zero-order chi connectivity index (χ0) is 20.2. The van der Waals surface area contributed by atoms with Crippen LogP contribution in [0.2, 0.25) is 0 Å². The first-order chi connectivity index (χ1) is 13.9. The molecule has 5 rings (SSSR count). The molecule has 0 saturated heterocycles. The van der Waals surface area contributed by atoms with Crippen molar-refractivity contribution in [3.63, 3.8) is 0 Å². The van der Waals surface area contributed by atoms with E-state index in [4.69, 9.17) is 4.42 Å². The number of benzene rings is 2. The van der Waals surface area contributed by atoms with Crippen LogP contribution in [0.15, 0.2) is 62.8 Å². The van der Waals surface area contributed by atoms with E-state index in [1.54, 1.807) is 6.07 Å². The van der Waals surface area contributed by atoms with Crippen LogP contribution < -0.4 is 5.76 Å². The molecule has 148 valence electrons. The first kappa shape index (κ1) is 18.0. The number of aromatic amines is 2. The van der Waals surface area contributed by atoms with E-state index in [-0.39, 0.29) is 10.5 Å². The van der Waals surface area contributed by atoms with Crippen LogP contribution in [0.1, 0.15) is 17.5 Å². The number of sulfonamides is 1. The standard InChI is InChI=1S/C21H19N3O4S/c1-13-3-2-4-16-17(12-22-20(13)16)14-7-9-24(10-8-14)29(26,27)15-5-6-18-19(11-15)28-21(25)23-18/h2-7,11-12,22H,8-10H2,1H3,(H,23,25). The van der Waals surface area contributed by atoms with E-state index in [1.807, 2.05) is 18.3 Å². The second-order valence-electron chi connectivity index (χ2n) is 7.21. The fourth-order valence-electron chi connectivity index (χ4n) is 3.92. The number of oxazole rings is 1. The van der Waals surface area contributed by atoms with Gasteiger partial charge < -0.3 is 9.40 Å². The molecule has 3 heterocycles. The summed E-state index contributed by atoms with van der Waals surface area (Å²) in [4.78, 5) is 17.3. The summed E-state index contributed by atoms with van der Waals surface area (Å²) in [6.07, 6.45) is 4.60.